The molecule has 0 aromatic carbocycles. The van der Waals surface area contributed by atoms with Crippen molar-refractivity contribution in [2.45, 2.75) is 32.0 Å². The van der Waals surface area contributed by atoms with Crippen molar-refractivity contribution >= 4 is 11.3 Å². The first-order valence-corrected chi connectivity index (χ1v) is 9.05. The van der Waals surface area contributed by atoms with Gasteiger partial charge in [0.25, 0.3) is 5.56 Å². The summed E-state index contributed by atoms with van der Waals surface area (Å²) in [6.45, 7) is 2.98. The Morgan fingerprint density at radius 3 is 2.79 bits per heavy atom. The smallest absolute Gasteiger partial charge is 0.330 e. The van der Waals surface area contributed by atoms with Gasteiger partial charge in [0.1, 0.15) is 0 Å². The third-order valence-electron chi connectivity index (χ3n) is 4.46. The zero-order chi connectivity index (χ0) is 17.1. The third kappa shape index (κ3) is 3.85. The fraction of sp³-hybridized carbons (Fsp3) is 0.529. The summed E-state index contributed by atoms with van der Waals surface area (Å²) in [5, 5.41) is 2.06. The summed E-state index contributed by atoms with van der Waals surface area (Å²) in [7, 11) is 3.22. The van der Waals surface area contributed by atoms with Gasteiger partial charge in [-0.25, -0.2) is 4.79 Å². The molecular weight excluding hydrogens is 326 g/mol. The predicted molar refractivity (Wildman–Crippen MR) is 94.3 cm³/mol. The molecule has 0 aliphatic carbocycles. The second kappa shape index (κ2) is 7.46. The molecule has 0 amide bonds. The molecule has 1 aliphatic heterocycles. The first kappa shape index (κ1) is 17.1. The van der Waals surface area contributed by atoms with Crippen molar-refractivity contribution in [3.63, 3.8) is 0 Å². The van der Waals surface area contributed by atoms with Crippen molar-refractivity contribution in [2.24, 2.45) is 14.1 Å². The molecule has 1 saturated heterocycles. The molecule has 0 bridgehead atoms. The topological polar surface area (TPSA) is 56.5 Å². The Morgan fingerprint density at radius 2 is 2.12 bits per heavy atom. The van der Waals surface area contributed by atoms with Crippen LogP contribution in [0.15, 0.2) is 33.2 Å². The zero-order valence-corrected chi connectivity index (χ0v) is 14.9. The SMILES string of the molecule is Cn1c(CN(Cc2cccs2)C[C@H]2CCCO2)cc(=O)n(C)c1=O. The lowest BCUT2D eigenvalue weighted by Gasteiger charge is -2.25. The van der Waals surface area contributed by atoms with Crippen molar-refractivity contribution in [3.05, 3.63) is 55.0 Å². The van der Waals surface area contributed by atoms with Gasteiger partial charge in [-0.15, -0.1) is 11.3 Å². The number of hydrogen-bond donors (Lipinski definition) is 0. The lowest BCUT2D eigenvalue weighted by molar-refractivity contribution is 0.0673. The van der Waals surface area contributed by atoms with Crippen LogP contribution in [-0.2, 0) is 31.9 Å². The van der Waals surface area contributed by atoms with Gasteiger partial charge >= 0.3 is 5.69 Å². The van der Waals surface area contributed by atoms with Crippen LogP contribution in [0, 0.1) is 0 Å². The molecule has 130 valence electrons. The standard InChI is InChI=1S/C17H23N3O3S/c1-18-13(9-16(21)19(2)17(18)22)10-20(11-14-5-3-7-23-14)12-15-6-4-8-24-15/h4,6,8-9,14H,3,5,7,10-12H2,1-2H3/t14-/m1/s1. The third-order valence-corrected chi connectivity index (χ3v) is 5.32. The van der Waals surface area contributed by atoms with Gasteiger partial charge in [-0.1, -0.05) is 6.07 Å². The lowest BCUT2D eigenvalue weighted by atomic mass is 10.2. The Balaban J connectivity index is 1.82. The van der Waals surface area contributed by atoms with Crippen molar-refractivity contribution in [3.8, 4) is 0 Å². The molecule has 0 N–H and O–H groups in total. The van der Waals surface area contributed by atoms with Crippen LogP contribution >= 0.6 is 11.3 Å². The average molecular weight is 349 g/mol. The summed E-state index contributed by atoms with van der Waals surface area (Å²) in [6.07, 6.45) is 2.40. The summed E-state index contributed by atoms with van der Waals surface area (Å²) in [4.78, 5) is 27.6. The second-order valence-corrected chi connectivity index (χ2v) is 7.29. The highest BCUT2D eigenvalue weighted by Gasteiger charge is 2.21. The Labute approximate surface area is 144 Å². The lowest BCUT2D eigenvalue weighted by Crippen LogP contribution is -2.40. The molecule has 7 heteroatoms. The molecule has 1 aliphatic rings. The van der Waals surface area contributed by atoms with E-state index in [9.17, 15) is 9.59 Å². The molecule has 0 saturated carbocycles. The quantitative estimate of drug-likeness (QED) is 0.789. The number of nitrogens with zero attached hydrogens (tertiary/aromatic N) is 3. The van der Waals surface area contributed by atoms with E-state index < -0.39 is 0 Å². The van der Waals surface area contributed by atoms with E-state index in [0.717, 1.165) is 42.8 Å². The van der Waals surface area contributed by atoms with Gasteiger partial charge in [-0.3, -0.25) is 18.8 Å². The van der Waals surface area contributed by atoms with Crippen molar-refractivity contribution < 1.29 is 4.74 Å². The largest absolute Gasteiger partial charge is 0.377 e. The van der Waals surface area contributed by atoms with E-state index in [-0.39, 0.29) is 17.4 Å². The summed E-state index contributed by atoms with van der Waals surface area (Å²) in [5.41, 5.74) is 0.185. The minimum absolute atomic E-state index is 0.230. The maximum absolute atomic E-state index is 12.1. The summed E-state index contributed by atoms with van der Waals surface area (Å²) < 4.78 is 8.45. The van der Waals surface area contributed by atoms with Crippen LogP contribution in [0.2, 0.25) is 0 Å². The van der Waals surface area contributed by atoms with Gasteiger partial charge < -0.3 is 4.74 Å². The Kier molecular flexibility index (Phi) is 5.33. The molecule has 24 heavy (non-hydrogen) atoms. The molecule has 6 nitrogen and oxygen atoms in total. The fourth-order valence-electron chi connectivity index (χ4n) is 3.04. The van der Waals surface area contributed by atoms with Crippen LogP contribution < -0.4 is 11.2 Å². The predicted octanol–water partition coefficient (Wildman–Crippen LogP) is 1.33. The molecule has 1 fully saturated rings. The molecule has 0 radical (unpaired) electrons. The maximum atomic E-state index is 12.1. The highest BCUT2D eigenvalue weighted by Crippen LogP contribution is 2.18. The van der Waals surface area contributed by atoms with E-state index >= 15 is 0 Å². The maximum Gasteiger partial charge on any atom is 0.330 e. The minimum atomic E-state index is -0.286. The number of thiophene rings is 1. The number of rotatable bonds is 6. The molecular formula is C17H23N3O3S. The zero-order valence-electron chi connectivity index (χ0n) is 14.1. The van der Waals surface area contributed by atoms with Gasteiger partial charge in [-0.2, -0.15) is 0 Å². The summed E-state index contributed by atoms with van der Waals surface area (Å²) in [5.74, 6) is 0. The van der Waals surface area contributed by atoms with E-state index in [1.807, 2.05) is 6.07 Å². The van der Waals surface area contributed by atoms with E-state index in [1.165, 1.54) is 11.9 Å². The van der Waals surface area contributed by atoms with Crippen LogP contribution in [0.25, 0.3) is 0 Å². The fourth-order valence-corrected chi connectivity index (χ4v) is 3.79. The molecule has 0 spiro atoms. The average Bonchev–Trinajstić information content (AvgIpc) is 3.24. The summed E-state index contributed by atoms with van der Waals surface area (Å²) >= 11 is 1.72. The highest BCUT2D eigenvalue weighted by molar-refractivity contribution is 7.09. The van der Waals surface area contributed by atoms with Crippen molar-refractivity contribution in [1.29, 1.82) is 0 Å². The van der Waals surface area contributed by atoms with E-state index in [2.05, 4.69) is 16.3 Å². The first-order valence-electron chi connectivity index (χ1n) is 8.17. The highest BCUT2D eigenvalue weighted by atomic mass is 32.1. The minimum Gasteiger partial charge on any atom is -0.377 e. The molecule has 0 unspecified atom stereocenters. The van der Waals surface area contributed by atoms with Gasteiger partial charge in [-0.05, 0) is 24.3 Å². The van der Waals surface area contributed by atoms with Crippen LogP contribution in [0.4, 0.5) is 0 Å². The number of ether oxygens (including phenoxy) is 1. The van der Waals surface area contributed by atoms with Crippen LogP contribution in [0.3, 0.4) is 0 Å². The van der Waals surface area contributed by atoms with Crippen LogP contribution in [0.5, 0.6) is 0 Å². The van der Waals surface area contributed by atoms with Gasteiger partial charge in [0.15, 0.2) is 0 Å². The molecule has 2 aromatic rings. The second-order valence-electron chi connectivity index (χ2n) is 6.26. The molecule has 3 heterocycles. The normalized spacial score (nSPS) is 17.7. The van der Waals surface area contributed by atoms with E-state index in [0.29, 0.717) is 6.54 Å². The molecule has 1 atom stereocenters. The van der Waals surface area contributed by atoms with Gasteiger partial charge in [0.05, 0.1) is 6.10 Å². The number of aromatic nitrogens is 2. The van der Waals surface area contributed by atoms with Crippen molar-refractivity contribution in [2.75, 3.05) is 13.2 Å². The van der Waals surface area contributed by atoms with Gasteiger partial charge in [0.2, 0.25) is 0 Å². The summed E-state index contributed by atoms with van der Waals surface area (Å²) in [6, 6.07) is 5.70. The first-order chi connectivity index (χ1) is 11.5. The number of hydrogen-bond acceptors (Lipinski definition) is 5. The van der Waals surface area contributed by atoms with Crippen LogP contribution in [0.1, 0.15) is 23.4 Å². The van der Waals surface area contributed by atoms with E-state index in [4.69, 9.17) is 4.74 Å². The Morgan fingerprint density at radius 1 is 1.29 bits per heavy atom. The molecule has 2 aromatic heterocycles. The molecule has 3 rings (SSSR count). The van der Waals surface area contributed by atoms with Crippen molar-refractivity contribution in [1.82, 2.24) is 14.0 Å². The Bertz CT molecular complexity index is 788. The monoisotopic (exact) mass is 349 g/mol. The van der Waals surface area contributed by atoms with E-state index in [1.54, 1.807) is 29.0 Å². The Hall–Kier alpha value is -1.70. The van der Waals surface area contributed by atoms with Crippen LogP contribution in [-0.4, -0.2) is 33.3 Å². The van der Waals surface area contributed by atoms with Gasteiger partial charge in [0, 0.05) is 57.0 Å².